The number of cyclic esters (lactones) is 1. The lowest BCUT2D eigenvalue weighted by molar-refractivity contribution is 0.0455. The van der Waals surface area contributed by atoms with Crippen molar-refractivity contribution in [3.05, 3.63) is 52.6 Å². The number of aryl methyl sites for hydroxylation is 1. The number of ether oxygens (including phenoxy) is 3. The van der Waals surface area contributed by atoms with Crippen molar-refractivity contribution in [2.24, 2.45) is 5.92 Å². The minimum absolute atomic E-state index is 0.0686. The predicted molar refractivity (Wildman–Crippen MR) is 96.0 cm³/mol. The summed E-state index contributed by atoms with van der Waals surface area (Å²) in [4.78, 5) is 25.2. The Morgan fingerprint density at radius 2 is 2.12 bits per heavy atom. The van der Waals surface area contributed by atoms with Gasteiger partial charge in [-0.1, -0.05) is 13.8 Å². The molecule has 0 N–H and O–H groups in total. The molecule has 26 heavy (non-hydrogen) atoms. The van der Waals surface area contributed by atoms with Gasteiger partial charge in [0.05, 0.1) is 12.7 Å². The van der Waals surface area contributed by atoms with Crippen LogP contribution in [0.25, 0.3) is 0 Å². The summed E-state index contributed by atoms with van der Waals surface area (Å²) >= 11 is 0. The molecule has 0 amide bonds. The third-order valence-electron chi connectivity index (χ3n) is 4.12. The van der Waals surface area contributed by atoms with Crippen LogP contribution in [0.5, 0.6) is 17.2 Å². The normalized spacial score (nSPS) is 13.0. The first-order valence-corrected chi connectivity index (χ1v) is 8.51. The SMILES string of the molecule is COc1c(C(=O)CC(C)C)ccc2c1C(=O)OCc1cc(C)c[c]c1O2. The molecule has 5 heteroatoms. The Labute approximate surface area is 152 Å². The van der Waals surface area contributed by atoms with Crippen molar-refractivity contribution < 1.29 is 23.8 Å². The molecule has 1 aliphatic heterocycles. The zero-order valence-corrected chi connectivity index (χ0v) is 15.3. The predicted octanol–water partition coefficient (Wildman–Crippen LogP) is 4.50. The van der Waals surface area contributed by atoms with Gasteiger partial charge in [0.2, 0.25) is 0 Å². The van der Waals surface area contributed by atoms with E-state index in [1.807, 2.05) is 26.8 Å². The van der Waals surface area contributed by atoms with Gasteiger partial charge in [-0.2, -0.15) is 0 Å². The van der Waals surface area contributed by atoms with Gasteiger partial charge in [-0.3, -0.25) is 4.79 Å². The molecule has 0 spiro atoms. The first kappa shape index (κ1) is 18.0. The lowest BCUT2D eigenvalue weighted by atomic mass is 9.97. The quantitative estimate of drug-likeness (QED) is 0.598. The van der Waals surface area contributed by atoms with Crippen molar-refractivity contribution >= 4 is 11.8 Å². The van der Waals surface area contributed by atoms with Crippen molar-refractivity contribution in [1.29, 1.82) is 0 Å². The van der Waals surface area contributed by atoms with Gasteiger partial charge >= 0.3 is 5.97 Å². The summed E-state index contributed by atoms with van der Waals surface area (Å²) in [7, 11) is 1.43. The Hall–Kier alpha value is -2.82. The highest BCUT2D eigenvalue weighted by Gasteiger charge is 2.28. The second-order valence-electron chi connectivity index (χ2n) is 6.75. The zero-order valence-electron chi connectivity index (χ0n) is 15.3. The maximum atomic E-state index is 12.6. The largest absolute Gasteiger partial charge is 0.495 e. The van der Waals surface area contributed by atoms with E-state index in [1.54, 1.807) is 18.2 Å². The Kier molecular flexibility index (Phi) is 4.98. The van der Waals surface area contributed by atoms with Crippen molar-refractivity contribution in [2.75, 3.05) is 7.11 Å². The Morgan fingerprint density at radius 3 is 2.81 bits per heavy atom. The molecule has 0 unspecified atom stereocenters. The molecule has 0 fully saturated rings. The van der Waals surface area contributed by atoms with E-state index in [2.05, 4.69) is 6.07 Å². The summed E-state index contributed by atoms with van der Waals surface area (Å²) in [5.74, 6) is 0.498. The van der Waals surface area contributed by atoms with Gasteiger partial charge < -0.3 is 14.2 Å². The smallest absolute Gasteiger partial charge is 0.346 e. The van der Waals surface area contributed by atoms with Gasteiger partial charge in [0.25, 0.3) is 0 Å². The average molecular weight is 353 g/mol. The van der Waals surface area contributed by atoms with Gasteiger partial charge in [0.1, 0.15) is 29.4 Å². The van der Waals surface area contributed by atoms with E-state index in [-0.39, 0.29) is 35.4 Å². The molecule has 0 saturated carbocycles. The number of fused-ring (bicyclic) bond motifs is 2. The summed E-state index contributed by atoms with van der Waals surface area (Å²) in [5, 5.41) is 0. The highest BCUT2D eigenvalue weighted by Crippen LogP contribution is 2.39. The molecular formula is C21H21O5. The second kappa shape index (κ2) is 7.20. The average Bonchev–Trinajstić information content (AvgIpc) is 2.59. The highest BCUT2D eigenvalue weighted by atomic mass is 16.5. The van der Waals surface area contributed by atoms with Crippen LogP contribution >= 0.6 is 0 Å². The van der Waals surface area contributed by atoms with Crippen molar-refractivity contribution in [1.82, 2.24) is 0 Å². The van der Waals surface area contributed by atoms with Crippen LogP contribution in [0.2, 0.25) is 0 Å². The topological polar surface area (TPSA) is 61.8 Å². The van der Waals surface area contributed by atoms with E-state index >= 15 is 0 Å². The summed E-state index contributed by atoms with van der Waals surface area (Å²) in [6.07, 6.45) is 0.362. The fourth-order valence-corrected chi connectivity index (χ4v) is 2.94. The number of Topliss-reactive ketones (excluding diaryl/α,β-unsaturated/α-hetero) is 1. The molecule has 1 radical (unpaired) electrons. The summed E-state index contributed by atoms with van der Waals surface area (Å²) in [6.45, 7) is 5.92. The van der Waals surface area contributed by atoms with Crippen molar-refractivity contribution in [3.8, 4) is 17.2 Å². The second-order valence-corrected chi connectivity index (χ2v) is 6.75. The van der Waals surface area contributed by atoms with Gasteiger partial charge in [0.15, 0.2) is 5.78 Å². The fraction of sp³-hybridized carbons (Fsp3) is 0.333. The molecule has 5 nitrogen and oxygen atoms in total. The number of esters is 1. The zero-order chi connectivity index (χ0) is 18.8. The van der Waals surface area contributed by atoms with E-state index in [0.29, 0.717) is 17.7 Å². The van der Waals surface area contributed by atoms with Crippen molar-refractivity contribution in [3.63, 3.8) is 0 Å². The summed E-state index contributed by atoms with van der Waals surface area (Å²) < 4.78 is 16.7. The molecule has 3 rings (SSSR count). The Morgan fingerprint density at radius 1 is 1.35 bits per heavy atom. The number of benzene rings is 2. The maximum absolute atomic E-state index is 12.6. The molecule has 0 aliphatic carbocycles. The first-order valence-electron chi connectivity index (χ1n) is 8.51. The fourth-order valence-electron chi connectivity index (χ4n) is 2.94. The lowest BCUT2D eigenvalue weighted by Crippen LogP contribution is -2.15. The molecule has 2 aromatic carbocycles. The Bertz CT molecular complexity index is 867. The minimum atomic E-state index is -0.580. The molecule has 1 aliphatic rings. The number of carbonyl (C=O) groups is 2. The maximum Gasteiger partial charge on any atom is 0.346 e. The molecule has 2 aromatic rings. The lowest BCUT2D eigenvalue weighted by Gasteiger charge is -2.21. The third kappa shape index (κ3) is 3.43. The van der Waals surface area contributed by atoms with Crippen LogP contribution < -0.4 is 9.47 Å². The number of ketones is 1. The van der Waals surface area contributed by atoms with E-state index in [4.69, 9.17) is 14.2 Å². The van der Waals surface area contributed by atoms with Crippen LogP contribution in [0.1, 0.15) is 52.1 Å². The van der Waals surface area contributed by atoms with E-state index < -0.39 is 5.97 Å². The number of hydrogen-bond donors (Lipinski definition) is 0. The van der Waals surface area contributed by atoms with Gasteiger partial charge in [-0.05, 0) is 42.7 Å². The minimum Gasteiger partial charge on any atom is -0.495 e. The van der Waals surface area contributed by atoms with Gasteiger partial charge in [-0.15, -0.1) is 0 Å². The molecule has 0 atom stereocenters. The van der Waals surface area contributed by atoms with E-state index in [0.717, 1.165) is 11.1 Å². The molecule has 0 aromatic heterocycles. The number of carbonyl (C=O) groups excluding carboxylic acids is 2. The van der Waals surface area contributed by atoms with Gasteiger partial charge in [-0.25, -0.2) is 4.79 Å². The molecule has 135 valence electrons. The van der Waals surface area contributed by atoms with E-state index in [9.17, 15) is 9.59 Å². The number of methoxy groups -OCH3 is 1. The molecule has 0 saturated heterocycles. The molecule has 0 bridgehead atoms. The monoisotopic (exact) mass is 353 g/mol. The van der Waals surface area contributed by atoms with Crippen LogP contribution in [0, 0.1) is 18.9 Å². The van der Waals surface area contributed by atoms with Crippen LogP contribution in [-0.2, 0) is 11.3 Å². The standard InChI is InChI=1S/C21H21O5/c1-12(2)9-16(22)15-6-8-18-19(20(15)24-4)21(23)25-11-14-10-13(3)5-7-17(14)26-18/h5-6,8,10,12H,9,11H2,1-4H3. The Balaban J connectivity index is 2.11. The van der Waals surface area contributed by atoms with E-state index in [1.165, 1.54) is 7.11 Å². The first-order chi connectivity index (χ1) is 12.4. The number of hydrogen-bond acceptors (Lipinski definition) is 5. The van der Waals surface area contributed by atoms with Crippen LogP contribution in [-0.4, -0.2) is 18.9 Å². The summed E-state index contributed by atoms with van der Waals surface area (Å²) in [6, 6.07) is 9.99. The van der Waals surface area contributed by atoms with Crippen LogP contribution in [0.15, 0.2) is 24.3 Å². The van der Waals surface area contributed by atoms with Gasteiger partial charge in [0, 0.05) is 18.1 Å². The molecular weight excluding hydrogens is 332 g/mol. The molecule has 1 heterocycles. The number of rotatable bonds is 4. The van der Waals surface area contributed by atoms with Crippen LogP contribution in [0.3, 0.4) is 0 Å². The summed E-state index contributed by atoms with van der Waals surface area (Å²) in [5.41, 5.74) is 2.22. The van der Waals surface area contributed by atoms with Crippen LogP contribution in [0.4, 0.5) is 0 Å². The highest BCUT2D eigenvalue weighted by molar-refractivity contribution is 6.05. The van der Waals surface area contributed by atoms with Crippen molar-refractivity contribution in [2.45, 2.75) is 33.8 Å². The third-order valence-corrected chi connectivity index (χ3v) is 4.12.